The van der Waals surface area contributed by atoms with Crippen molar-refractivity contribution >= 4 is 45.7 Å². The molecule has 3 heterocycles. The predicted molar refractivity (Wildman–Crippen MR) is 121 cm³/mol. The van der Waals surface area contributed by atoms with E-state index in [1.165, 1.54) is 4.57 Å². The highest BCUT2D eigenvalue weighted by Crippen LogP contribution is 2.41. The molecule has 0 saturated heterocycles. The van der Waals surface area contributed by atoms with Crippen molar-refractivity contribution in [3.05, 3.63) is 45.1 Å². The van der Waals surface area contributed by atoms with Crippen LogP contribution in [-0.4, -0.2) is 38.3 Å². The number of nitriles is 1. The van der Waals surface area contributed by atoms with E-state index in [1.54, 1.807) is 25.2 Å². The molecule has 11 heteroatoms. The molecule has 3 N–H and O–H groups in total. The highest BCUT2D eigenvalue weighted by Gasteiger charge is 2.34. The van der Waals surface area contributed by atoms with Gasteiger partial charge in [-0.15, -0.1) is 0 Å². The molecule has 1 aliphatic heterocycles. The largest absolute Gasteiger partial charge is 0.486 e. The summed E-state index contributed by atoms with van der Waals surface area (Å²) >= 11 is 6.00. The maximum atomic E-state index is 12.9. The van der Waals surface area contributed by atoms with E-state index in [0.29, 0.717) is 29.4 Å². The molecule has 168 valence electrons. The van der Waals surface area contributed by atoms with E-state index in [1.807, 2.05) is 6.07 Å². The second kappa shape index (κ2) is 7.94. The van der Waals surface area contributed by atoms with Gasteiger partial charge in [-0.25, -0.2) is 14.8 Å². The number of carboxylic acid groups (broad SMARTS) is 1. The zero-order valence-corrected chi connectivity index (χ0v) is 18.3. The Bertz CT molecular complexity index is 1410. The van der Waals surface area contributed by atoms with Crippen LogP contribution in [0.4, 0.5) is 17.2 Å². The molecule has 5 rings (SSSR count). The lowest BCUT2D eigenvalue weighted by molar-refractivity contribution is 0.0683. The van der Waals surface area contributed by atoms with Crippen LogP contribution in [0, 0.1) is 17.2 Å². The number of ether oxygens (including phenoxy) is 1. The maximum Gasteiger partial charge on any atom is 0.374 e. The number of aromatic carboxylic acids is 1. The molecule has 2 aliphatic rings. The van der Waals surface area contributed by atoms with E-state index in [4.69, 9.17) is 16.3 Å². The average molecular weight is 467 g/mol. The van der Waals surface area contributed by atoms with Crippen LogP contribution >= 0.6 is 11.6 Å². The third-order valence-corrected chi connectivity index (χ3v) is 6.25. The van der Waals surface area contributed by atoms with E-state index < -0.39 is 11.8 Å². The Hall–Kier alpha value is -3.84. The molecule has 1 unspecified atom stereocenters. The number of hydrogen-bond donors (Lipinski definition) is 3. The number of aromatic nitrogens is 3. The van der Waals surface area contributed by atoms with Crippen molar-refractivity contribution in [2.75, 3.05) is 17.2 Å². The number of anilines is 3. The number of aryl methyl sites for hydroxylation is 1. The van der Waals surface area contributed by atoms with Gasteiger partial charge in [0.2, 0.25) is 11.6 Å². The third-order valence-electron chi connectivity index (χ3n) is 5.98. The monoisotopic (exact) mass is 466 g/mol. The van der Waals surface area contributed by atoms with Crippen molar-refractivity contribution in [1.82, 2.24) is 14.5 Å². The summed E-state index contributed by atoms with van der Waals surface area (Å²) in [6.07, 6.45) is 3.12. The van der Waals surface area contributed by atoms with Gasteiger partial charge < -0.3 is 25.0 Å². The summed E-state index contributed by atoms with van der Waals surface area (Å²) in [5, 5.41) is 25.7. The lowest BCUT2D eigenvalue weighted by Gasteiger charge is -2.19. The first-order chi connectivity index (χ1) is 15.9. The van der Waals surface area contributed by atoms with Gasteiger partial charge in [0.25, 0.3) is 5.56 Å². The first-order valence-corrected chi connectivity index (χ1v) is 10.8. The summed E-state index contributed by atoms with van der Waals surface area (Å²) in [5.74, 6) is -1.07. The van der Waals surface area contributed by atoms with Crippen LogP contribution < -0.4 is 20.9 Å². The standard InChI is InChI=1S/C22H19ClN6O4/c1-29-15-5-4-11(25-19-13(9-24)18(23)27-20(28-19)22(31)32)8-12(15)16-17(21(29)30)33-7-6-14(26-16)10-2-3-10/h4-5,8,10,14,26H,2-3,6-7H2,1H3,(H,31,32)(H,25,27,28). The van der Waals surface area contributed by atoms with Crippen LogP contribution in [-0.2, 0) is 7.05 Å². The van der Waals surface area contributed by atoms with Crippen molar-refractivity contribution in [1.29, 1.82) is 5.26 Å². The normalized spacial score (nSPS) is 17.3. The van der Waals surface area contributed by atoms with Gasteiger partial charge in [0.1, 0.15) is 11.6 Å². The van der Waals surface area contributed by atoms with Gasteiger partial charge in [-0.3, -0.25) is 4.79 Å². The van der Waals surface area contributed by atoms with E-state index >= 15 is 0 Å². The number of rotatable bonds is 4. The zero-order chi connectivity index (χ0) is 23.3. The van der Waals surface area contributed by atoms with Crippen LogP contribution in [0.1, 0.15) is 35.4 Å². The molecule has 0 bridgehead atoms. The molecule has 1 fully saturated rings. The van der Waals surface area contributed by atoms with Crippen LogP contribution in [0.5, 0.6) is 5.75 Å². The summed E-state index contributed by atoms with van der Waals surface area (Å²) in [6, 6.07) is 7.40. The zero-order valence-electron chi connectivity index (χ0n) is 17.6. The molecular weight excluding hydrogens is 448 g/mol. The summed E-state index contributed by atoms with van der Waals surface area (Å²) in [4.78, 5) is 31.8. The van der Waals surface area contributed by atoms with Gasteiger partial charge in [0.15, 0.2) is 11.0 Å². The van der Waals surface area contributed by atoms with Gasteiger partial charge in [-0.05, 0) is 37.0 Å². The number of nitrogens with one attached hydrogen (secondary N) is 2. The number of pyridine rings is 1. The lowest BCUT2D eigenvalue weighted by Crippen LogP contribution is -2.23. The molecule has 0 radical (unpaired) electrons. The minimum absolute atomic E-state index is 0.0229. The molecule has 1 saturated carbocycles. The van der Waals surface area contributed by atoms with Gasteiger partial charge in [0, 0.05) is 30.6 Å². The summed E-state index contributed by atoms with van der Waals surface area (Å²) in [5.41, 5.74) is 1.57. The molecule has 2 aromatic heterocycles. The van der Waals surface area contributed by atoms with Crippen molar-refractivity contribution in [2.45, 2.75) is 25.3 Å². The summed E-state index contributed by atoms with van der Waals surface area (Å²) < 4.78 is 7.40. The van der Waals surface area contributed by atoms with Gasteiger partial charge in [-0.1, -0.05) is 11.6 Å². The lowest BCUT2D eigenvalue weighted by atomic mass is 10.1. The van der Waals surface area contributed by atoms with E-state index in [0.717, 1.165) is 24.6 Å². The van der Waals surface area contributed by atoms with Gasteiger partial charge in [0.05, 0.1) is 17.8 Å². The summed E-state index contributed by atoms with van der Waals surface area (Å²) in [6.45, 7) is 0.461. The highest BCUT2D eigenvalue weighted by molar-refractivity contribution is 6.31. The Morgan fingerprint density at radius 2 is 2.15 bits per heavy atom. The van der Waals surface area contributed by atoms with Crippen LogP contribution in [0.2, 0.25) is 5.15 Å². The first-order valence-electron chi connectivity index (χ1n) is 10.4. The second-order valence-electron chi connectivity index (χ2n) is 8.13. The van der Waals surface area contributed by atoms with Gasteiger partial charge in [-0.2, -0.15) is 5.26 Å². The quantitative estimate of drug-likeness (QED) is 0.493. The smallest absolute Gasteiger partial charge is 0.374 e. The van der Waals surface area contributed by atoms with Crippen molar-refractivity contribution in [3.8, 4) is 11.8 Å². The Kier molecular flexibility index (Phi) is 5.06. The molecule has 1 atom stereocenters. The molecular formula is C22H19ClN6O4. The average Bonchev–Trinajstić information content (AvgIpc) is 3.63. The second-order valence-corrected chi connectivity index (χ2v) is 8.49. The number of benzene rings is 1. The molecule has 0 amide bonds. The number of carboxylic acids is 1. The topological polar surface area (TPSA) is 142 Å². The van der Waals surface area contributed by atoms with Gasteiger partial charge >= 0.3 is 5.97 Å². The van der Waals surface area contributed by atoms with Crippen molar-refractivity contribution in [2.24, 2.45) is 13.0 Å². The Balaban J connectivity index is 1.64. The minimum atomic E-state index is -1.37. The fraction of sp³-hybridized carbons (Fsp3) is 0.318. The number of hydrogen-bond acceptors (Lipinski definition) is 8. The van der Waals surface area contributed by atoms with E-state index in [-0.39, 0.29) is 33.9 Å². The van der Waals surface area contributed by atoms with Crippen LogP contribution in [0.3, 0.4) is 0 Å². The van der Waals surface area contributed by atoms with E-state index in [9.17, 15) is 20.0 Å². The summed E-state index contributed by atoms with van der Waals surface area (Å²) in [7, 11) is 1.68. The maximum absolute atomic E-state index is 12.9. The van der Waals surface area contributed by atoms with Crippen LogP contribution in [0.25, 0.3) is 10.9 Å². The SMILES string of the molecule is Cn1c(=O)c2c(c3cc(Nc4nc(C(=O)O)nc(Cl)c4C#N)ccc31)NC(C1CC1)CCO2. The fourth-order valence-corrected chi connectivity index (χ4v) is 4.34. The molecule has 10 nitrogen and oxygen atoms in total. The number of halogens is 1. The Morgan fingerprint density at radius 3 is 2.85 bits per heavy atom. The molecule has 1 aromatic carbocycles. The molecule has 33 heavy (non-hydrogen) atoms. The number of fused-ring (bicyclic) bond motifs is 3. The van der Waals surface area contributed by atoms with Crippen LogP contribution in [0.15, 0.2) is 23.0 Å². The molecule has 3 aromatic rings. The Labute approximate surface area is 192 Å². The third kappa shape index (κ3) is 3.70. The minimum Gasteiger partial charge on any atom is -0.486 e. The first kappa shape index (κ1) is 21.0. The predicted octanol–water partition coefficient (Wildman–Crippen LogP) is 3.27. The highest BCUT2D eigenvalue weighted by atomic mass is 35.5. The number of nitrogens with zero attached hydrogens (tertiary/aromatic N) is 4. The molecule has 0 spiro atoms. The van der Waals surface area contributed by atoms with Crippen molar-refractivity contribution in [3.63, 3.8) is 0 Å². The molecule has 1 aliphatic carbocycles. The number of carbonyl (C=O) groups is 1. The fourth-order valence-electron chi connectivity index (χ4n) is 4.13. The Morgan fingerprint density at radius 1 is 1.36 bits per heavy atom. The van der Waals surface area contributed by atoms with E-state index in [2.05, 4.69) is 20.6 Å². The van der Waals surface area contributed by atoms with Crippen molar-refractivity contribution < 1.29 is 14.6 Å².